The average Bonchev–Trinajstić information content (AvgIpc) is 2.23. The van der Waals surface area contributed by atoms with Gasteiger partial charge in [-0.05, 0) is 17.7 Å². The van der Waals surface area contributed by atoms with Crippen molar-refractivity contribution in [1.82, 2.24) is 5.32 Å². The fourth-order valence-corrected chi connectivity index (χ4v) is 1.21. The first-order valence-corrected chi connectivity index (χ1v) is 5.00. The summed E-state index contributed by atoms with van der Waals surface area (Å²) in [6.45, 7) is 2.46. The van der Waals surface area contributed by atoms with Gasteiger partial charge in [0.05, 0.1) is 19.8 Å². The highest BCUT2D eigenvalue weighted by molar-refractivity contribution is 5.26. The van der Waals surface area contributed by atoms with Crippen LogP contribution in [0.2, 0.25) is 0 Å². The van der Waals surface area contributed by atoms with Gasteiger partial charge in [0, 0.05) is 13.1 Å². The summed E-state index contributed by atoms with van der Waals surface area (Å²) in [4.78, 5) is 0. The summed E-state index contributed by atoms with van der Waals surface area (Å²) in [5.74, 6) is 0.283. The number of nitrogens with one attached hydrogen (secondary N) is 1. The standard InChI is InChI=1S/C11H17NO3/c13-5-7-15-6-4-12-9-10-2-1-3-11(14)8-10/h1-3,8,12-14H,4-7,9H2. The molecule has 0 spiro atoms. The number of aromatic hydroxyl groups is 1. The average molecular weight is 211 g/mol. The molecular weight excluding hydrogens is 194 g/mol. The van der Waals surface area contributed by atoms with E-state index in [0.29, 0.717) is 19.8 Å². The van der Waals surface area contributed by atoms with E-state index in [-0.39, 0.29) is 12.4 Å². The number of ether oxygens (including phenoxy) is 1. The first-order chi connectivity index (χ1) is 7.33. The molecule has 0 saturated carbocycles. The van der Waals surface area contributed by atoms with Gasteiger partial charge in [-0.2, -0.15) is 0 Å². The third kappa shape index (κ3) is 5.37. The number of phenols is 1. The number of hydrogen-bond donors (Lipinski definition) is 3. The third-order valence-corrected chi connectivity index (χ3v) is 1.90. The van der Waals surface area contributed by atoms with Gasteiger partial charge in [-0.25, -0.2) is 0 Å². The molecule has 15 heavy (non-hydrogen) atoms. The van der Waals surface area contributed by atoms with Crippen LogP contribution in [0.5, 0.6) is 5.75 Å². The first-order valence-electron chi connectivity index (χ1n) is 5.00. The van der Waals surface area contributed by atoms with Crippen LogP contribution in [0.4, 0.5) is 0 Å². The minimum atomic E-state index is 0.0621. The van der Waals surface area contributed by atoms with Gasteiger partial charge in [0.2, 0.25) is 0 Å². The number of rotatable bonds is 7. The maximum absolute atomic E-state index is 9.21. The van der Waals surface area contributed by atoms with Crippen LogP contribution in [0.1, 0.15) is 5.56 Å². The molecule has 0 fully saturated rings. The van der Waals surface area contributed by atoms with E-state index in [0.717, 1.165) is 12.1 Å². The zero-order valence-corrected chi connectivity index (χ0v) is 8.65. The molecule has 1 rings (SSSR count). The summed E-state index contributed by atoms with van der Waals surface area (Å²) < 4.78 is 5.08. The molecule has 0 unspecified atom stereocenters. The smallest absolute Gasteiger partial charge is 0.115 e. The summed E-state index contributed by atoms with van der Waals surface area (Å²) in [6, 6.07) is 7.13. The molecule has 0 aliphatic carbocycles. The summed E-state index contributed by atoms with van der Waals surface area (Å²) in [7, 11) is 0. The highest BCUT2D eigenvalue weighted by atomic mass is 16.5. The first kappa shape index (κ1) is 12.0. The molecule has 0 heterocycles. The number of phenolic OH excluding ortho intramolecular Hbond substituents is 1. The Morgan fingerprint density at radius 3 is 2.87 bits per heavy atom. The lowest BCUT2D eigenvalue weighted by molar-refractivity contribution is 0.0938. The topological polar surface area (TPSA) is 61.7 Å². The maximum Gasteiger partial charge on any atom is 0.115 e. The van der Waals surface area contributed by atoms with Crippen LogP contribution in [0.25, 0.3) is 0 Å². The molecular formula is C11H17NO3. The maximum atomic E-state index is 9.21. The Bertz CT molecular complexity index is 278. The van der Waals surface area contributed by atoms with Crippen molar-refractivity contribution in [2.24, 2.45) is 0 Å². The van der Waals surface area contributed by atoms with Crippen LogP contribution < -0.4 is 5.32 Å². The molecule has 1 aromatic carbocycles. The van der Waals surface area contributed by atoms with Gasteiger partial charge in [0.25, 0.3) is 0 Å². The van der Waals surface area contributed by atoms with Crippen molar-refractivity contribution >= 4 is 0 Å². The van der Waals surface area contributed by atoms with E-state index in [4.69, 9.17) is 9.84 Å². The molecule has 0 aromatic heterocycles. The Morgan fingerprint density at radius 1 is 1.27 bits per heavy atom. The Balaban J connectivity index is 2.10. The summed E-state index contributed by atoms with van der Waals surface area (Å²) in [5, 5.41) is 20.8. The van der Waals surface area contributed by atoms with Gasteiger partial charge >= 0.3 is 0 Å². The summed E-state index contributed by atoms with van der Waals surface area (Å²) >= 11 is 0. The second-order valence-corrected chi connectivity index (χ2v) is 3.18. The Morgan fingerprint density at radius 2 is 2.13 bits per heavy atom. The van der Waals surface area contributed by atoms with Crippen molar-refractivity contribution in [2.45, 2.75) is 6.54 Å². The molecule has 0 atom stereocenters. The minimum absolute atomic E-state index is 0.0621. The van der Waals surface area contributed by atoms with Gasteiger partial charge in [0.15, 0.2) is 0 Å². The zero-order chi connectivity index (χ0) is 10.9. The zero-order valence-electron chi connectivity index (χ0n) is 8.65. The van der Waals surface area contributed by atoms with Crippen LogP contribution in [-0.2, 0) is 11.3 Å². The predicted octanol–water partition coefficient (Wildman–Crippen LogP) is 0.491. The van der Waals surface area contributed by atoms with Gasteiger partial charge in [-0.3, -0.25) is 0 Å². The molecule has 0 bridgehead atoms. The largest absolute Gasteiger partial charge is 0.508 e. The Hall–Kier alpha value is -1.10. The van der Waals surface area contributed by atoms with E-state index >= 15 is 0 Å². The number of aliphatic hydroxyl groups excluding tert-OH is 1. The lowest BCUT2D eigenvalue weighted by Gasteiger charge is -2.05. The van der Waals surface area contributed by atoms with Gasteiger partial charge in [-0.15, -0.1) is 0 Å². The van der Waals surface area contributed by atoms with Crippen molar-refractivity contribution in [3.05, 3.63) is 29.8 Å². The highest BCUT2D eigenvalue weighted by Gasteiger charge is 1.93. The van der Waals surface area contributed by atoms with Crippen molar-refractivity contribution in [2.75, 3.05) is 26.4 Å². The van der Waals surface area contributed by atoms with Gasteiger partial charge < -0.3 is 20.3 Å². The molecule has 4 heteroatoms. The van der Waals surface area contributed by atoms with Crippen LogP contribution in [0.15, 0.2) is 24.3 Å². The normalized spacial score (nSPS) is 10.5. The Labute approximate surface area is 89.5 Å². The number of aliphatic hydroxyl groups is 1. The molecule has 0 aliphatic rings. The van der Waals surface area contributed by atoms with Crippen LogP contribution in [0, 0.1) is 0 Å². The number of hydrogen-bond acceptors (Lipinski definition) is 4. The molecule has 0 saturated heterocycles. The van der Waals surface area contributed by atoms with E-state index in [1.807, 2.05) is 12.1 Å². The molecule has 0 amide bonds. The molecule has 0 radical (unpaired) electrons. The fraction of sp³-hybridized carbons (Fsp3) is 0.455. The monoisotopic (exact) mass is 211 g/mol. The summed E-state index contributed by atoms with van der Waals surface area (Å²) in [5.41, 5.74) is 1.04. The predicted molar refractivity (Wildman–Crippen MR) is 57.7 cm³/mol. The third-order valence-electron chi connectivity index (χ3n) is 1.90. The minimum Gasteiger partial charge on any atom is -0.508 e. The van der Waals surface area contributed by atoms with Crippen LogP contribution in [-0.4, -0.2) is 36.6 Å². The van der Waals surface area contributed by atoms with Gasteiger partial charge in [-0.1, -0.05) is 12.1 Å². The second kappa shape index (κ2) is 7.23. The van der Waals surface area contributed by atoms with Gasteiger partial charge in [0.1, 0.15) is 5.75 Å². The fourth-order valence-electron chi connectivity index (χ4n) is 1.21. The van der Waals surface area contributed by atoms with Crippen molar-refractivity contribution < 1.29 is 14.9 Å². The van der Waals surface area contributed by atoms with Crippen LogP contribution >= 0.6 is 0 Å². The lowest BCUT2D eigenvalue weighted by atomic mass is 10.2. The van der Waals surface area contributed by atoms with Crippen molar-refractivity contribution in [3.8, 4) is 5.75 Å². The number of benzene rings is 1. The molecule has 3 N–H and O–H groups in total. The molecule has 0 aliphatic heterocycles. The van der Waals surface area contributed by atoms with Crippen LogP contribution in [0.3, 0.4) is 0 Å². The quantitative estimate of drug-likeness (QED) is 0.574. The van der Waals surface area contributed by atoms with E-state index in [1.165, 1.54) is 0 Å². The molecule has 4 nitrogen and oxygen atoms in total. The van der Waals surface area contributed by atoms with Crippen molar-refractivity contribution in [3.63, 3.8) is 0 Å². The van der Waals surface area contributed by atoms with E-state index in [9.17, 15) is 5.11 Å². The molecule has 84 valence electrons. The molecule has 1 aromatic rings. The summed E-state index contributed by atoms with van der Waals surface area (Å²) in [6.07, 6.45) is 0. The lowest BCUT2D eigenvalue weighted by Crippen LogP contribution is -2.19. The van der Waals surface area contributed by atoms with Crippen molar-refractivity contribution in [1.29, 1.82) is 0 Å². The highest BCUT2D eigenvalue weighted by Crippen LogP contribution is 2.10. The SMILES string of the molecule is OCCOCCNCc1cccc(O)c1. The Kier molecular flexibility index (Phi) is 5.77. The second-order valence-electron chi connectivity index (χ2n) is 3.18. The van der Waals surface area contributed by atoms with E-state index in [2.05, 4.69) is 5.32 Å². The van der Waals surface area contributed by atoms with E-state index in [1.54, 1.807) is 12.1 Å². The van der Waals surface area contributed by atoms with E-state index < -0.39 is 0 Å².